The Balaban J connectivity index is 2.43. The molecule has 1 saturated carbocycles. The van der Waals surface area contributed by atoms with Crippen LogP contribution in [0.1, 0.15) is 65.2 Å². The summed E-state index contributed by atoms with van der Waals surface area (Å²) in [4.78, 5) is 0. The lowest BCUT2D eigenvalue weighted by Crippen LogP contribution is -2.11. The maximum atomic E-state index is 6.34. The Morgan fingerprint density at radius 3 is 2.46 bits per heavy atom. The van der Waals surface area contributed by atoms with Gasteiger partial charge in [0.15, 0.2) is 0 Å². The van der Waals surface area contributed by atoms with Gasteiger partial charge < -0.3 is 0 Å². The highest BCUT2D eigenvalue weighted by molar-refractivity contribution is 6.15. The molecule has 0 N–H and O–H groups in total. The lowest BCUT2D eigenvalue weighted by atomic mass is 9.61. The van der Waals surface area contributed by atoms with Gasteiger partial charge in [0.25, 0.3) is 0 Å². The molecule has 0 spiro atoms. The van der Waals surface area contributed by atoms with E-state index in [0.29, 0.717) is 0 Å². The Morgan fingerprint density at radius 2 is 1.77 bits per heavy atom. The van der Waals surface area contributed by atoms with Crippen LogP contribution in [-0.2, 0) is 0 Å². The van der Waals surface area contributed by atoms with Gasteiger partial charge in [-0.05, 0) is 5.92 Å². The highest BCUT2D eigenvalue weighted by Gasteiger charge is 2.22. The first-order chi connectivity index (χ1) is 6.16. The molecule has 0 amide bonds. The zero-order chi connectivity index (χ0) is 9.73. The summed E-state index contributed by atoms with van der Waals surface area (Å²) in [5.74, 6) is 0.930. The van der Waals surface area contributed by atoms with Crippen LogP contribution in [0.15, 0.2) is 0 Å². The van der Waals surface area contributed by atoms with Crippen LogP contribution in [0.2, 0.25) is 5.31 Å². The molecule has 1 heteroatoms. The largest absolute Gasteiger partial charge is 0.0746 e. The van der Waals surface area contributed by atoms with Gasteiger partial charge in [-0.2, -0.15) is 0 Å². The Kier molecular flexibility index (Phi) is 4.35. The maximum absolute atomic E-state index is 6.34. The molecular formula is C12H23B. The van der Waals surface area contributed by atoms with Gasteiger partial charge in [0, 0.05) is 0 Å². The van der Waals surface area contributed by atoms with Crippen molar-refractivity contribution in [3.05, 3.63) is 0 Å². The van der Waals surface area contributed by atoms with Gasteiger partial charge in [-0.1, -0.05) is 70.5 Å². The van der Waals surface area contributed by atoms with E-state index in [1.54, 1.807) is 0 Å². The molecule has 1 aliphatic carbocycles. The molecular weight excluding hydrogens is 155 g/mol. The summed E-state index contributed by atoms with van der Waals surface area (Å²) in [5.41, 5.74) is 0. The van der Waals surface area contributed by atoms with Crippen molar-refractivity contribution in [2.45, 2.75) is 70.5 Å². The molecule has 0 aromatic rings. The second-order valence-corrected chi connectivity index (χ2v) is 4.96. The van der Waals surface area contributed by atoms with Gasteiger partial charge in [0.05, 0.1) is 7.85 Å². The highest BCUT2D eigenvalue weighted by atomic mass is 14.2. The van der Waals surface area contributed by atoms with Crippen molar-refractivity contribution in [1.82, 2.24) is 0 Å². The molecule has 0 heterocycles. The van der Waals surface area contributed by atoms with Gasteiger partial charge in [-0.15, -0.1) is 0 Å². The van der Waals surface area contributed by atoms with Crippen molar-refractivity contribution in [3.8, 4) is 0 Å². The van der Waals surface area contributed by atoms with E-state index >= 15 is 0 Å². The predicted octanol–water partition coefficient (Wildman–Crippen LogP) is 4.10. The topological polar surface area (TPSA) is 0 Å². The van der Waals surface area contributed by atoms with Crippen molar-refractivity contribution in [2.75, 3.05) is 0 Å². The molecule has 1 rings (SSSR count). The third-order valence-corrected chi connectivity index (χ3v) is 3.70. The summed E-state index contributed by atoms with van der Waals surface area (Å²) >= 11 is 0. The van der Waals surface area contributed by atoms with Crippen molar-refractivity contribution in [2.24, 2.45) is 5.92 Å². The van der Waals surface area contributed by atoms with Gasteiger partial charge >= 0.3 is 0 Å². The molecule has 2 atom stereocenters. The minimum atomic E-state index is 0.171. The second kappa shape index (κ2) is 5.07. The van der Waals surface area contributed by atoms with Crippen molar-refractivity contribution in [3.63, 3.8) is 0 Å². The van der Waals surface area contributed by atoms with Crippen LogP contribution in [-0.4, -0.2) is 7.85 Å². The molecule has 2 unspecified atom stereocenters. The van der Waals surface area contributed by atoms with E-state index in [1.807, 2.05) is 0 Å². The van der Waals surface area contributed by atoms with Crippen LogP contribution in [0.4, 0.5) is 0 Å². The standard InChI is InChI=1S/C12H23B/c1-3-12(13)9-5-4-7-11(2)8-6-10-12/h11H,3-10H2,1-2H3. The Hall–Kier alpha value is 0.0649. The molecule has 2 radical (unpaired) electrons. The van der Waals surface area contributed by atoms with Crippen molar-refractivity contribution < 1.29 is 0 Å². The zero-order valence-corrected chi connectivity index (χ0v) is 9.31. The first-order valence-electron chi connectivity index (χ1n) is 5.95. The lowest BCUT2D eigenvalue weighted by Gasteiger charge is -2.28. The molecule has 0 bridgehead atoms. The first-order valence-corrected chi connectivity index (χ1v) is 5.95. The average molecular weight is 178 g/mol. The molecule has 0 aromatic heterocycles. The maximum Gasteiger partial charge on any atom is 0.0746 e. The van der Waals surface area contributed by atoms with E-state index in [1.165, 1.54) is 44.9 Å². The van der Waals surface area contributed by atoms with E-state index in [-0.39, 0.29) is 5.31 Å². The number of hydrogen-bond acceptors (Lipinski definition) is 0. The van der Waals surface area contributed by atoms with E-state index < -0.39 is 0 Å². The van der Waals surface area contributed by atoms with Crippen LogP contribution in [0.3, 0.4) is 0 Å². The predicted molar refractivity (Wildman–Crippen MR) is 60.2 cm³/mol. The van der Waals surface area contributed by atoms with Crippen LogP contribution < -0.4 is 0 Å². The van der Waals surface area contributed by atoms with Gasteiger partial charge in [0.1, 0.15) is 0 Å². The summed E-state index contributed by atoms with van der Waals surface area (Å²) in [6.07, 6.45) is 10.5. The Bertz CT molecular complexity index is 144. The van der Waals surface area contributed by atoms with E-state index in [0.717, 1.165) is 12.3 Å². The summed E-state index contributed by atoms with van der Waals surface area (Å²) in [6.45, 7) is 4.62. The quantitative estimate of drug-likeness (QED) is 0.530. The van der Waals surface area contributed by atoms with E-state index in [9.17, 15) is 0 Å². The van der Waals surface area contributed by atoms with Crippen LogP contribution in [0.5, 0.6) is 0 Å². The van der Waals surface area contributed by atoms with Crippen LogP contribution in [0, 0.1) is 5.92 Å². The molecule has 1 aliphatic rings. The minimum absolute atomic E-state index is 0.171. The number of hydrogen-bond donors (Lipinski definition) is 0. The van der Waals surface area contributed by atoms with Crippen molar-refractivity contribution in [1.29, 1.82) is 0 Å². The molecule has 13 heavy (non-hydrogen) atoms. The number of rotatable bonds is 1. The average Bonchev–Trinajstić information content (AvgIpc) is 2.19. The summed E-state index contributed by atoms with van der Waals surface area (Å²) < 4.78 is 0. The van der Waals surface area contributed by atoms with E-state index in [2.05, 4.69) is 13.8 Å². The third-order valence-electron chi connectivity index (χ3n) is 3.70. The van der Waals surface area contributed by atoms with Gasteiger partial charge in [-0.3, -0.25) is 0 Å². The fraction of sp³-hybridized carbons (Fsp3) is 1.00. The normalized spacial score (nSPS) is 37.5. The minimum Gasteiger partial charge on any atom is -0.0663 e. The third kappa shape index (κ3) is 3.75. The summed E-state index contributed by atoms with van der Waals surface area (Å²) in [5, 5.41) is 0.171. The zero-order valence-electron chi connectivity index (χ0n) is 9.31. The van der Waals surface area contributed by atoms with Crippen molar-refractivity contribution >= 4 is 7.85 Å². The Morgan fingerprint density at radius 1 is 1.15 bits per heavy atom. The lowest BCUT2D eigenvalue weighted by molar-refractivity contribution is 0.431. The fourth-order valence-corrected chi connectivity index (χ4v) is 2.40. The summed E-state index contributed by atoms with van der Waals surface area (Å²) in [6, 6.07) is 0. The summed E-state index contributed by atoms with van der Waals surface area (Å²) in [7, 11) is 6.34. The van der Waals surface area contributed by atoms with Crippen LogP contribution in [0.25, 0.3) is 0 Å². The molecule has 0 aliphatic heterocycles. The van der Waals surface area contributed by atoms with E-state index in [4.69, 9.17) is 7.85 Å². The monoisotopic (exact) mass is 178 g/mol. The van der Waals surface area contributed by atoms with Gasteiger partial charge in [0.2, 0.25) is 0 Å². The Labute approximate surface area is 84.9 Å². The molecule has 1 fully saturated rings. The van der Waals surface area contributed by atoms with Crippen LogP contribution >= 0.6 is 0 Å². The fourth-order valence-electron chi connectivity index (χ4n) is 2.40. The molecule has 74 valence electrons. The highest BCUT2D eigenvalue weighted by Crippen LogP contribution is 2.40. The second-order valence-electron chi connectivity index (χ2n) is 4.96. The molecule has 0 aromatic carbocycles. The SMILES string of the molecule is [B]C1(CC)CCCCC(C)CCC1. The van der Waals surface area contributed by atoms with Gasteiger partial charge in [-0.25, -0.2) is 0 Å². The molecule has 0 saturated heterocycles. The smallest absolute Gasteiger partial charge is 0.0663 e. The molecule has 0 nitrogen and oxygen atoms in total. The first kappa shape index (κ1) is 11.1.